The smallest absolute Gasteiger partial charge is 0.312 e. The van der Waals surface area contributed by atoms with Gasteiger partial charge in [-0.25, -0.2) is 4.39 Å². The van der Waals surface area contributed by atoms with Gasteiger partial charge in [0.2, 0.25) is 0 Å². The molecule has 5 rings (SSSR count). The summed E-state index contributed by atoms with van der Waals surface area (Å²) in [7, 11) is 0. The van der Waals surface area contributed by atoms with Crippen molar-refractivity contribution in [3.63, 3.8) is 0 Å². The van der Waals surface area contributed by atoms with Gasteiger partial charge in [0.15, 0.2) is 6.10 Å². The van der Waals surface area contributed by atoms with Gasteiger partial charge < -0.3 is 10.1 Å². The molecule has 4 bridgehead atoms. The molecule has 4 nitrogen and oxygen atoms in total. The van der Waals surface area contributed by atoms with Gasteiger partial charge in [-0.1, -0.05) is 12.1 Å². The van der Waals surface area contributed by atoms with E-state index in [0.717, 1.165) is 31.2 Å². The molecule has 0 spiro atoms. The Balaban J connectivity index is 1.29. The maximum Gasteiger partial charge on any atom is 0.312 e. The molecule has 0 radical (unpaired) electrons. The molecule has 4 fully saturated rings. The second-order valence-corrected chi connectivity index (χ2v) is 9.91. The standard InChI is InChI=1S/C22H27ClFNO3/c1-14(19(26)25-7-6-15-2-4-18(24)5-3-15)28-20(27)21-9-16-8-17(10-21)12-22(23,11-16)13-21/h2-5,14,16-17H,6-13H2,1H3,(H,25,26)/t14-,16-,17+,21?,22?/m1/s1. The molecule has 5 atom stereocenters. The molecule has 1 aromatic rings. The highest BCUT2D eigenvalue weighted by molar-refractivity contribution is 6.24. The molecule has 0 aromatic heterocycles. The number of esters is 1. The summed E-state index contributed by atoms with van der Waals surface area (Å²) in [6.45, 7) is 2.02. The predicted molar refractivity (Wildman–Crippen MR) is 104 cm³/mol. The van der Waals surface area contributed by atoms with Crippen LogP contribution in [0.2, 0.25) is 0 Å². The molecule has 152 valence electrons. The fourth-order valence-electron chi connectivity index (χ4n) is 5.85. The molecule has 4 aliphatic rings. The van der Waals surface area contributed by atoms with Gasteiger partial charge in [0, 0.05) is 11.4 Å². The predicted octanol–water partition coefficient (Wildman–Crippen LogP) is 3.99. The first-order valence-corrected chi connectivity index (χ1v) is 10.6. The normalized spacial score (nSPS) is 34.1. The zero-order valence-electron chi connectivity index (χ0n) is 16.2. The van der Waals surface area contributed by atoms with Crippen molar-refractivity contribution in [3.8, 4) is 0 Å². The van der Waals surface area contributed by atoms with Crippen molar-refractivity contribution in [2.75, 3.05) is 6.54 Å². The van der Waals surface area contributed by atoms with Crippen LogP contribution in [0.1, 0.15) is 51.0 Å². The van der Waals surface area contributed by atoms with Crippen molar-refractivity contribution in [1.82, 2.24) is 5.32 Å². The third-order valence-corrected chi connectivity index (χ3v) is 7.14. The van der Waals surface area contributed by atoms with Gasteiger partial charge in [-0.3, -0.25) is 9.59 Å². The molecule has 4 saturated carbocycles. The molecule has 6 heteroatoms. The third-order valence-electron chi connectivity index (χ3n) is 6.70. The van der Waals surface area contributed by atoms with E-state index >= 15 is 0 Å². The van der Waals surface area contributed by atoms with Crippen LogP contribution in [-0.2, 0) is 20.7 Å². The second-order valence-electron chi connectivity index (χ2n) is 9.11. The maximum absolute atomic E-state index is 13.0. The quantitative estimate of drug-likeness (QED) is 0.573. The highest BCUT2D eigenvalue weighted by atomic mass is 35.5. The van der Waals surface area contributed by atoms with Crippen molar-refractivity contribution in [1.29, 1.82) is 0 Å². The number of ether oxygens (including phenoxy) is 1. The number of hydrogen-bond acceptors (Lipinski definition) is 3. The van der Waals surface area contributed by atoms with Crippen molar-refractivity contribution in [2.45, 2.75) is 62.8 Å². The lowest BCUT2D eigenvalue weighted by Gasteiger charge is -2.58. The molecule has 1 amide bonds. The Labute approximate surface area is 170 Å². The van der Waals surface area contributed by atoms with E-state index in [1.807, 2.05) is 0 Å². The van der Waals surface area contributed by atoms with Crippen LogP contribution in [0.25, 0.3) is 0 Å². The molecule has 1 N–H and O–H groups in total. The minimum atomic E-state index is -0.833. The Morgan fingerprint density at radius 3 is 2.46 bits per heavy atom. The SMILES string of the molecule is C[C@@H](OC(=O)C12C[C@@H]3C[C@@H](CC(Cl)(C3)C1)C2)C(=O)NCCc1ccc(F)cc1. The second kappa shape index (κ2) is 7.33. The minimum absolute atomic E-state index is 0.257. The summed E-state index contributed by atoms with van der Waals surface area (Å²) in [5, 5.41) is 2.80. The first kappa shape index (κ1) is 19.7. The topological polar surface area (TPSA) is 55.4 Å². The van der Waals surface area contributed by atoms with Crippen LogP contribution in [0.15, 0.2) is 24.3 Å². The number of alkyl halides is 1. The van der Waals surface area contributed by atoms with Gasteiger partial charge in [0.25, 0.3) is 5.91 Å². The minimum Gasteiger partial charge on any atom is -0.452 e. The van der Waals surface area contributed by atoms with E-state index in [-0.39, 0.29) is 22.6 Å². The van der Waals surface area contributed by atoms with Crippen molar-refractivity contribution in [2.24, 2.45) is 17.3 Å². The van der Waals surface area contributed by atoms with E-state index in [9.17, 15) is 14.0 Å². The van der Waals surface area contributed by atoms with Crippen LogP contribution in [0.3, 0.4) is 0 Å². The van der Waals surface area contributed by atoms with E-state index in [2.05, 4.69) is 5.32 Å². The van der Waals surface area contributed by atoms with E-state index in [1.165, 1.54) is 18.6 Å². The summed E-state index contributed by atoms with van der Waals surface area (Å²) >= 11 is 6.79. The molecule has 0 saturated heterocycles. The van der Waals surface area contributed by atoms with Crippen molar-refractivity contribution >= 4 is 23.5 Å². The van der Waals surface area contributed by atoms with Crippen LogP contribution >= 0.6 is 11.6 Å². The van der Waals surface area contributed by atoms with Crippen LogP contribution in [0, 0.1) is 23.1 Å². The average Bonchev–Trinajstić information content (AvgIpc) is 2.61. The Hall–Kier alpha value is -1.62. The highest BCUT2D eigenvalue weighted by Gasteiger charge is 2.61. The molecule has 4 aliphatic carbocycles. The largest absolute Gasteiger partial charge is 0.452 e. The molecule has 2 unspecified atom stereocenters. The Morgan fingerprint density at radius 2 is 1.86 bits per heavy atom. The first-order valence-electron chi connectivity index (χ1n) is 10.2. The van der Waals surface area contributed by atoms with E-state index < -0.39 is 11.5 Å². The van der Waals surface area contributed by atoms with Crippen LogP contribution in [-0.4, -0.2) is 29.4 Å². The number of rotatable bonds is 6. The monoisotopic (exact) mass is 407 g/mol. The lowest BCUT2D eigenvalue weighted by Crippen LogP contribution is -2.57. The average molecular weight is 408 g/mol. The van der Waals surface area contributed by atoms with Gasteiger partial charge in [-0.2, -0.15) is 0 Å². The summed E-state index contributed by atoms with van der Waals surface area (Å²) in [6, 6.07) is 6.19. The van der Waals surface area contributed by atoms with Crippen LogP contribution in [0.5, 0.6) is 0 Å². The summed E-state index contributed by atoms with van der Waals surface area (Å²) < 4.78 is 18.5. The molecule has 28 heavy (non-hydrogen) atoms. The first-order chi connectivity index (χ1) is 13.3. The lowest BCUT2D eigenvalue weighted by molar-refractivity contribution is -0.177. The van der Waals surface area contributed by atoms with E-state index in [0.29, 0.717) is 31.2 Å². The van der Waals surface area contributed by atoms with E-state index in [4.69, 9.17) is 16.3 Å². The number of halogens is 2. The van der Waals surface area contributed by atoms with Gasteiger partial charge in [-0.15, -0.1) is 11.6 Å². The number of carbonyl (C=O) groups is 2. The Morgan fingerprint density at radius 1 is 1.21 bits per heavy atom. The maximum atomic E-state index is 13.0. The van der Waals surface area contributed by atoms with E-state index in [1.54, 1.807) is 19.1 Å². The third kappa shape index (κ3) is 3.91. The number of carbonyl (C=O) groups excluding carboxylic acids is 2. The molecule has 0 aliphatic heterocycles. The van der Waals surface area contributed by atoms with Gasteiger partial charge >= 0.3 is 5.97 Å². The molecular formula is C22H27ClFNO3. The zero-order chi connectivity index (χ0) is 19.9. The summed E-state index contributed by atoms with van der Waals surface area (Å²) in [5.41, 5.74) is 0.432. The summed E-state index contributed by atoms with van der Waals surface area (Å²) in [4.78, 5) is 25.1. The fraction of sp³-hybridized carbons (Fsp3) is 0.636. The molecule has 1 aromatic carbocycles. The molecular weight excluding hydrogens is 381 g/mol. The van der Waals surface area contributed by atoms with Gasteiger partial charge in [0.1, 0.15) is 5.82 Å². The zero-order valence-corrected chi connectivity index (χ0v) is 16.9. The lowest BCUT2D eigenvalue weighted by atomic mass is 9.49. The number of nitrogens with one attached hydrogen (secondary N) is 1. The fourth-order valence-corrected chi connectivity index (χ4v) is 6.55. The molecule has 0 heterocycles. The van der Waals surface area contributed by atoms with Gasteiger partial charge in [-0.05, 0) is 81.4 Å². The van der Waals surface area contributed by atoms with Gasteiger partial charge in [0.05, 0.1) is 5.41 Å². The summed E-state index contributed by atoms with van der Waals surface area (Å²) in [6.07, 6.45) is 5.29. The highest BCUT2D eigenvalue weighted by Crippen LogP contribution is 2.64. The van der Waals surface area contributed by atoms with Crippen molar-refractivity contribution < 1.29 is 18.7 Å². The Bertz CT molecular complexity index is 752. The number of benzene rings is 1. The van der Waals surface area contributed by atoms with Crippen LogP contribution in [0.4, 0.5) is 4.39 Å². The number of amides is 1. The van der Waals surface area contributed by atoms with Crippen LogP contribution < -0.4 is 5.32 Å². The number of hydrogen-bond donors (Lipinski definition) is 1. The Kier molecular flexibility index (Phi) is 5.15. The van der Waals surface area contributed by atoms with Crippen molar-refractivity contribution in [3.05, 3.63) is 35.6 Å². The summed E-state index contributed by atoms with van der Waals surface area (Å²) in [5.74, 6) is 0.169.